The highest BCUT2D eigenvalue weighted by molar-refractivity contribution is 7.93. The molecule has 19 heteroatoms. The number of anilines is 4. The van der Waals surface area contributed by atoms with Crippen molar-refractivity contribution in [3.8, 4) is 34.0 Å². The van der Waals surface area contributed by atoms with Crippen LogP contribution in [0.1, 0.15) is 49.7 Å². The van der Waals surface area contributed by atoms with E-state index in [9.17, 15) is 26.4 Å². The molecule has 2 spiro atoms. The van der Waals surface area contributed by atoms with Crippen LogP contribution in [0.3, 0.4) is 0 Å². The number of ether oxygens (including phenoxy) is 2. The summed E-state index contributed by atoms with van der Waals surface area (Å²) in [4.78, 5) is 42.4. The third-order valence-electron chi connectivity index (χ3n) is 15.6. The number of fused-ring (bicyclic) bond motifs is 8. The number of carbonyl (C=O) groups is 2. The van der Waals surface area contributed by atoms with Gasteiger partial charge in [0.1, 0.15) is 11.4 Å². The number of quaternary nitrogens is 1. The Morgan fingerprint density at radius 3 is 1.37 bits per heavy atom. The maximum absolute atomic E-state index is 13.2. The van der Waals surface area contributed by atoms with Gasteiger partial charge in [-0.3, -0.25) is 19.0 Å². The molecule has 2 aliphatic carbocycles. The number of pyridine rings is 2. The molecule has 81 heavy (non-hydrogen) atoms. The van der Waals surface area contributed by atoms with Gasteiger partial charge in [0, 0.05) is 62.0 Å². The number of nitrogens with zero attached hydrogens (tertiary/aromatic N) is 5. The second kappa shape index (κ2) is 22.2. The van der Waals surface area contributed by atoms with Gasteiger partial charge < -0.3 is 34.5 Å². The Morgan fingerprint density at radius 2 is 0.975 bits per heavy atom. The van der Waals surface area contributed by atoms with E-state index in [1.165, 1.54) is 4.90 Å². The number of nitrogens with one attached hydrogen (secondary N) is 3. The van der Waals surface area contributed by atoms with Crippen molar-refractivity contribution >= 4 is 76.2 Å². The van der Waals surface area contributed by atoms with Gasteiger partial charge in [-0.05, 0) is 151 Å². The molecule has 420 valence electrons. The largest absolute Gasteiger partial charge is 0.870 e. The Balaban J connectivity index is 0.000000180. The molecule has 17 nitrogen and oxygen atoms in total. The highest BCUT2D eigenvalue weighted by atomic mass is 32.2. The second-order valence-electron chi connectivity index (χ2n) is 21.8. The first-order valence-electron chi connectivity index (χ1n) is 27.0. The summed E-state index contributed by atoms with van der Waals surface area (Å²) in [5, 5.41) is 4.22. The number of carbonyl (C=O) groups excluding carboxylic acids is 2. The van der Waals surface area contributed by atoms with Crippen LogP contribution in [0.15, 0.2) is 156 Å². The fourth-order valence-electron chi connectivity index (χ4n) is 11.1. The van der Waals surface area contributed by atoms with Gasteiger partial charge in [-0.1, -0.05) is 72.8 Å². The molecule has 2 fully saturated rings. The lowest BCUT2D eigenvalue weighted by Gasteiger charge is -2.16. The van der Waals surface area contributed by atoms with Gasteiger partial charge in [-0.15, -0.1) is 0 Å². The Morgan fingerprint density at radius 1 is 0.568 bits per heavy atom. The summed E-state index contributed by atoms with van der Waals surface area (Å²) in [6, 6.07) is 40.5. The average Bonchev–Trinajstić information content (AvgIpc) is 3.84. The topological polar surface area (TPSA) is 215 Å². The first-order valence-corrected chi connectivity index (χ1v) is 29.9. The molecule has 2 aliphatic heterocycles. The number of hydrogen-bond donors (Lipinski definition) is 3. The molecule has 0 saturated heterocycles. The molecule has 0 atom stereocenters. The molecule has 2 saturated carbocycles. The second-order valence-corrected chi connectivity index (χ2v) is 25.2. The lowest BCUT2D eigenvalue weighted by molar-refractivity contribution is -0.858. The third kappa shape index (κ3) is 10.9. The first kappa shape index (κ1) is 56.3. The number of sulfonamides is 2. The molecule has 4 heterocycles. The first-order chi connectivity index (χ1) is 38.4. The summed E-state index contributed by atoms with van der Waals surface area (Å²) in [5.41, 5.74) is 7.10. The van der Waals surface area contributed by atoms with E-state index in [1.54, 1.807) is 95.0 Å². The lowest BCUT2D eigenvalue weighted by atomic mass is 9.90. The molecule has 4 N–H and O–H groups in total. The summed E-state index contributed by atoms with van der Waals surface area (Å²) in [6.45, 7) is 2.58. The van der Waals surface area contributed by atoms with Crippen LogP contribution in [0.5, 0.6) is 11.8 Å². The van der Waals surface area contributed by atoms with E-state index in [-0.39, 0.29) is 50.2 Å². The highest BCUT2D eigenvalue weighted by Gasteiger charge is 2.60. The number of amides is 2. The predicted molar refractivity (Wildman–Crippen MR) is 316 cm³/mol. The van der Waals surface area contributed by atoms with Crippen LogP contribution in [-0.2, 0) is 40.5 Å². The zero-order valence-corrected chi connectivity index (χ0v) is 47.8. The van der Waals surface area contributed by atoms with Crippen LogP contribution in [0.2, 0.25) is 0 Å². The highest BCUT2D eigenvalue weighted by Crippen LogP contribution is 2.60. The number of hydrogen-bond acceptors (Lipinski definition) is 12. The normalized spacial score (nSPS) is 15.4. The Hall–Kier alpha value is -7.94. The van der Waals surface area contributed by atoms with Crippen LogP contribution in [0, 0.1) is 0 Å². The Kier molecular flexibility index (Phi) is 15.4. The van der Waals surface area contributed by atoms with Gasteiger partial charge >= 0.3 is 0 Å². The maximum atomic E-state index is 13.2. The minimum Gasteiger partial charge on any atom is -0.870 e. The van der Waals surface area contributed by atoms with Crippen LogP contribution < -0.4 is 33.6 Å². The summed E-state index contributed by atoms with van der Waals surface area (Å²) in [6.07, 6.45) is 8.44. The molecule has 0 unspecified atom stereocenters. The van der Waals surface area contributed by atoms with E-state index < -0.39 is 30.9 Å². The number of aromatic nitrogens is 2. The maximum Gasteiger partial charge on any atom is 0.262 e. The number of rotatable bonds is 18. The van der Waals surface area contributed by atoms with E-state index in [0.717, 1.165) is 118 Å². The molecule has 12 rings (SSSR count). The van der Waals surface area contributed by atoms with Crippen molar-refractivity contribution in [3.63, 3.8) is 0 Å². The Bertz CT molecular complexity index is 3690. The van der Waals surface area contributed by atoms with Gasteiger partial charge in [-0.2, -0.15) is 0 Å². The third-order valence-corrected chi connectivity index (χ3v) is 18.4. The van der Waals surface area contributed by atoms with Crippen molar-refractivity contribution in [3.05, 3.63) is 157 Å². The molecule has 0 bridgehead atoms. The van der Waals surface area contributed by atoms with Gasteiger partial charge in [0.25, 0.3) is 20.0 Å². The van der Waals surface area contributed by atoms with Crippen LogP contribution in [-0.4, -0.2) is 118 Å². The Labute approximate surface area is 472 Å². The SMILES string of the molecule is CN(C)CCCOc1ncc(-c2ccc3ccc4c(c3c2)C2(CC2)C(=O)N4C)cc1NS(=O)(=O)c1ccccc1.CN1C(=O)C2(CC2)c2c1ccc1ccc(-c3cnc(OCCC[NH+](C)C)c(NS(=O)(=O)c4ccccc4)c3)cc21.[OH-]. The van der Waals surface area contributed by atoms with Crippen LogP contribution >= 0.6 is 0 Å². The fourth-order valence-corrected chi connectivity index (χ4v) is 13.3. The standard InChI is InChI=1S/2C31H32N4O4S.H2O/c2*1-34(2)16-7-17-39-29-26(33-40(37,38)24-8-5-4-6-9-24)19-23(20-32-29)22-11-10-21-12-13-27-28(25(21)18-22)31(14-15-31)30(36)35(27)3;/h2*4-6,8-13,18-20,33H,7,14-17H2,1-3H3;1H2. The molecule has 2 aromatic heterocycles. The summed E-state index contributed by atoms with van der Waals surface area (Å²) < 4.78 is 70.2. The van der Waals surface area contributed by atoms with Gasteiger partial charge in [0.15, 0.2) is 0 Å². The molecular formula is C62H66N8O9S2. The van der Waals surface area contributed by atoms with Crippen LogP contribution in [0.4, 0.5) is 22.7 Å². The quantitative estimate of drug-likeness (QED) is 0.0690. The number of likely N-dealkylation sites (N-methyl/N-ethyl adjacent to an activating group) is 2. The zero-order chi connectivity index (χ0) is 56.1. The summed E-state index contributed by atoms with van der Waals surface area (Å²) in [5.74, 6) is 0.795. The molecule has 8 aromatic rings. The van der Waals surface area contributed by atoms with Crippen molar-refractivity contribution in [2.24, 2.45) is 0 Å². The lowest BCUT2D eigenvalue weighted by Crippen LogP contribution is -3.05. The van der Waals surface area contributed by atoms with E-state index in [0.29, 0.717) is 13.2 Å². The van der Waals surface area contributed by atoms with E-state index >= 15 is 0 Å². The zero-order valence-electron chi connectivity index (χ0n) is 46.2. The van der Waals surface area contributed by atoms with E-state index in [4.69, 9.17) is 9.47 Å². The van der Waals surface area contributed by atoms with Gasteiger partial charge in [0.2, 0.25) is 23.6 Å². The van der Waals surface area contributed by atoms with E-state index in [2.05, 4.69) is 50.5 Å². The summed E-state index contributed by atoms with van der Waals surface area (Å²) >= 11 is 0. The number of benzene rings is 6. The molecule has 0 radical (unpaired) electrons. The molecular weight excluding hydrogens is 1060 g/mol. The van der Waals surface area contributed by atoms with Gasteiger partial charge in [-0.25, -0.2) is 26.8 Å². The average molecular weight is 1130 g/mol. The minimum absolute atomic E-state index is 0. The molecule has 2 amide bonds. The summed E-state index contributed by atoms with van der Waals surface area (Å²) in [7, 11) is 4.10. The van der Waals surface area contributed by atoms with Crippen molar-refractivity contribution in [1.82, 2.24) is 14.9 Å². The van der Waals surface area contributed by atoms with Crippen molar-refractivity contribution in [2.45, 2.75) is 59.1 Å². The van der Waals surface area contributed by atoms with Crippen molar-refractivity contribution in [2.75, 3.05) is 87.8 Å². The minimum atomic E-state index is -3.86. The van der Waals surface area contributed by atoms with E-state index in [1.807, 2.05) is 76.7 Å². The van der Waals surface area contributed by atoms with Crippen molar-refractivity contribution < 1.29 is 46.3 Å². The molecule has 6 aromatic carbocycles. The fraction of sp³-hybridized carbons (Fsp3) is 0.290. The van der Waals surface area contributed by atoms with Crippen molar-refractivity contribution in [1.29, 1.82) is 0 Å². The molecule has 4 aliphatic rings. The van der Waals surface area contributed by atoms with Gasteiger partial charge in [0.05, 0.1) is 54.5 Å². The predicted octanol–water partition coefficient (Wildman–Crippen LogP) is 8.49. The smallest absolute Gasteiger partial charge is 0.262 e. The monoisotopic (exact) mass is 1130 g/mol. The van der Waals surface area contributed by atoms with Crippen LogP contribution in [0.25, 0.3) is 43.8 Å².